The van der Waals surface area contributed by atoms with Gasteiger partial charge >= 0.3 is 0 Å². The van der Waals surface area contributed by atoms with Crippen LogP contribution in [0.1, 0.15) is 155 Å². The van der Waals surface area contributed by atoms with Gasteiger partial charge < -0.3 is 9.47 Å². The van der Waals surface area contributed by atoms with Crippen LogP contribution in [0.15, 0.2) is 522 Å². The van der Waals surface area contributed by atoms with Gasteiger partial charge in [0.15, 0.2) is 80.2 Å². The maximum absolute atomic E-state index is 6.62. The van der Waals surface area contributed by atoms with Gasteiger partial charge in [0.05, 0.1) is 49.2 Å². The van der Waals surface area contributed by atoms with Gasteiger partial charge in [-0.25, -0.2) is 0 Å². The molecular weight excluding hydrogens is 1780 g/mol. The Balaban J connectivity index is 0.000000121. The smallest absolute Gasteiger partial charge is 0.189 e. The number of hydrogen-bond donors (Lipinski definition) is 0. The summed E-state index contributed by atoms with van der Waals surface area (Å²) in [5.41, 5.74) is 8.57. The fourth-order valence-corrected chi connectivity index (χ4v) is 31.3. The van der Waals surface area contributed by atoms with E-state index in [1.165, 1.54) is 171 Å². The molecule has 700 valence electrons. The molecule has 18 aromatic rings. The van der Waals surface area contributed by atoms with Crippen molar-refractivity contribution in [2.45, 2.75) is 237 Å². The van der Waals surface area contributed by atoms with Crippen LogP contribution >= 0.6 is 0 Å². The van der Waals surface area contributed by atoms with Crippen molar-refractivity contribution in [3.63, 3.8) is 0 Å². The minimum absolute atomic E-state index is 0.0116. The summed E-state index contributed by atoms with van der Waals surface area (Å²) in [7, 11) is -0.572. The van der Waals surface area contributed by atoms with Gasteiger partial charge in [0.1, 0.15) is 16.6 Å². The van der Waals surface area contributed by atoms with E-state index in [4.69, 9.17) is 9.47 Å². The van der Waals surface area contributed by atoms with E-state index in [1.807, 2.05) is 0 Å². The summed E-state index contributed by atoms with van der Waals surface area (Å²) in [5.74, 6) is 4.31. The maximum Gasteiger partial charge on any atom is 0.189 e. The van der Waals surface area contributed by atoms with Crippen LogP contribution in [-0.4, -0.2) is 12.4 Å². The number of ether oxygens (including phenoxy) is 2. The molecule has 0 heterocycles. The van der Waals surface area contributed by atoms with E-state index >= 15 is 0 Å². The molecule has 0 N–H and O–H groups in total. The third-order valence-electron chi connectivity index (χ3n) is 27.6. The number of fused-ring (bicyclic) bond motifs is 3. The molecule has 0 aromatic heterocycles. The summed E-state index contributed by atoms with van der Waals surface area (Å²) in [6.07, 6.45) is 6.90. The first kappa shape index (κ1) is 98.8. The van der Waals surface area contributed by atoms with Crippen LogP contribution in [0.4, 0.5) is 0 Å². The van der Waals surface area contributed by atoms with Gasteiger partial charge in [0, 0.05) is 28.3 Å². The van der Waals surface area contributed by atoms with E-state index in [9.17, 15) is 0 Å². The predicted octanol–water partition coefficient (Wildman–Crippen LogP) is 35.7. The highest BCUT2D eigenvalue weighted by molar-refractivity contribution is 7.98. The molecule has 0 saturated heterocycles. The van der Waals surface area contributed by atoms with Gasteiger partial charge in [-0.15, -0.1) is 0 Å². The fourth-order valence-electron chi connectivity index (χ4n) is 20.2. The molecule has 2 nitrogen and oxygen atoms in total. The van der Waals surface area contributed by atoms with Gasteiger partial charge in [-0.2, -0.15) is 0 Å². The quantitative estimate of drug-likeness (QED) is 0.0593. The van der Waals surface area contributed by atoms with Gasteiger partial charge in [0.25, 0.3) is 0 Å². The molecule has 0 spiro atoms. The number of hydrogen-bond acceptors (Lipinski definition) is 2. The molecule has 0 amide bonds. The summed E-state index contributed by atoms with van der Waals surface area (Å²) in [6, 6.07) is 163. The van der Waals surface area contributed by atoms with Crippen molar-refractivity contribution in [3.05, 3.63) is 482 Å². The number of rotatable bonds is 19. The second-order valence-corrected chi connectivity index (χ2v) is 51.6. The van der Waals surface area contributed by atoms with Crippen LogP contribution in [0.3, 0.4) is 0 Å². The normalized spacial score (nSPS) is 16.1. The Morgan fingerprint density at radius 3 is 0.712 bits per heavy atom. The molecule has 18 aromatic carbocycles. The zero-order chi connectivity index (χ0) is 96.8. The summed E-state index contributed by atoms with van der Waals surface area (Å²) in [4.78, 5) is 20.5. The van der Waals surface area contributed by atoms with Gasteiger partial charge in [-0.3, -0.25) is 0 Å². The lowest BCUT2D eigenvalue weighted by molar-refractivity contribution is -0.218. The van der Waals surface area contributed by atoms with Crippen LogP contribution in [0, 0.1) is 37.5 Å². The van der Waals surface area contributed by atoms with E-state index in [1.54, 1.807) is 0 Å². The molecule has 4 fully saturated rings. The van der Waals surface area contributed by atoms with E-state index in [-0.39, 0.29) is 81.7 Å². The van der Waals surface area contributed by atoms with Gasteiger partial charge in [-0.1, -0.05) is 350 Å². The lowest BCUT2D eigenvalue weighted by Gasteiger charge is -2.59. The predicted molar refractivity (Wildman–Crippen MR) is 596 cm³/mol. The summed E-state index contributed by atoms with van der Waals surface area (Å²) < 4.78 is 13.0. The summed E-state index contributed by atoms with van der Waals surface area (Å²) in [5, 5.41) is 7.90. The molecule has 0 radical (unpaired) electrons. The second-order valence-electron chi connectivity index (χ2n) is 41.5. The zero-order valence-electron chi connectivity index (χ0n) is 83.6. The molecule has 0 atom stereocenters. The highest BCUT2D eigenvalue weighted by Gasteiger charge is 2.56. The molecule has 0 aliphatic heterocycles. The van der Waals surface area contributed by atoms with Crippen LogP contribution in [0.2, 0.25) is 0 Å². The Morgan fingerprint density at radius 1 is 0.230 bits per heavy atom. The van der Waals surface area contributed by atoms with Crippen molar-refractivity contribution in [3.8, 4) is 5.75 Å². The highest BCUT2D eigenvalue weighted by Crippen LogP contribution is 2.60. The van der Waals surface area contributed by atoms with Crippen LogP contribution in [0.25, 0.3) is 32.3 Å². The van der Waals surface area contributed by atoms with Gasteiger partial charge in [-0.05, 0) is 318 Å². The molecule has 22 rings (SSSR count). The minimum Gasteiger partial charge on any atom is -0.467 e. The number of aryl methyl sites for hydroxylation is 2. The summed E-state index contributed by atoms with van der Waals surface area (Å²) in [6.45, 7) is 34.3. The third-order valence-corrected chi connectivity index (χ3v) is 38.9. The molecule has 7 heteroatoms. The Hall–Kier alpha value is -11.8. The molecular formula is C132H135O2S5+5. The van der Waals surface area contributed by atoms with E-state index < -0.39 is 0 Å². The topological polar surface area (TPSA) is 18.5 Å². The first-order valence-corrected chi connectivity index (χ1v) is 55.6. The Labute approximate surface area is 844 Å². The second kappa shape index (κ2) is 44.4. The average Bonchev–Trinajstić information content (AvgIpc) is 0.732. The van der Waals surface area contributed by atoms with Gasteiger partial charge in [0.2, 0.25) is 0 Å². The Kier molecular flexibility index (Phi) is 31.6. The van der Waals surface area contributed by atoms with Crippen molar-refractivity contribution < 1.29 is 9.47 Å². The molecule has 4 aliphatic rings. The van der Waals surface area contributed by atoms with Crippen molar-refractivity contribution in [1.29, 1.82) is 0 Å². The Morgan fingerprint density at radius 2 is 0.446 bits per heavy atom. The minimum atomic E-state index is -0.164. The van der Waals surface area contributed by atoms with Crippen molar-refractivity contribution in [2.75, 3.05) is 6.79 Å². The lowest BCUT2D eigenvalue weighted by Crippen LogP contribution is -2.57. The highest BCUT2D eigenvalue weighted by atomic mass is 32.2. The van der Waals surface area contributed by atoms with E-state index in [2.05, 4.69) is 553 Å². The lowest BCUT2D eigenvalue weighted by atomic mass is 9.50. The van der Waals surface area contributed by atoms with E-state index in [0.717, 1.165) is 17.6 Å². The molecule has 4 saturated carbocycles. The van der Waals surface area contributed by atoms with Crippen LogP contribution < -0.4 is 4.74 Å². The molecule has 139 heavy (non-hydrogen) atoms. The molecule has 0 unspecified atom stereocenters. The van der Waals surface area contributed by atoms with Crippen LogP contribution in [0.5, 0.6) is 5.75 Å². The fraction of sp³-hybridized carbons (Fsp3) is 0.227. The van der Waals surface area contributed by atoms with Crippen molar-refractivity contribution in [2.24, 2.45) is 23.7 Å². The largest absolute Gasteiger partial charge is 0.467 e. The molecule has 4 aliphatic carbocycles. The zero-order valence-corrected chi connectivity index (χ0v) is 87.7. The number of benzene rings is 18. The SMILES string of the molecule is CC(C)(C)c1ccc([S+](c2ccc(C(C)(C)C)cc2)c2ccc(C(C)(C)C)cc2)cc1.CC(C)(C)c1ccc([S+](c2ccccc2)c2ccccc2)cc1.Cc1cc([S+](c2ccccc2)c2ccccc2)cc(C)c1OCOC1(C)C2CC3CC(C2)CC1C3.c1ccc([S+](c2cccc3ccccc23)c2cccc3ccccc23)cc1.c1ccc([S+](c2ccccc2)c2cccc3ccccc23)cc1. The third kappa shape index (κ3) is 23.8. The van der Waals surface area contributed by atoms with Crippen LogP contribution in [-0.2, 0) is 80.9 Å². The van der Waals surface area contributed by atoms with Crippen molar-refractivity contribution >= 4 is 86.8 Å². The summed E-state index contributed by atoms with van der Waals surface area (Å²) >= 11 is 0. The maximum atomic E-state index is 6.62. The standard InChI is InChI=1S/C32H37O2S.C30H39S.C26H19S.C22H17S.C22H23S/c1-22-14-30(35(28-10-6-4-7-11-28)29-12-8-5-9-13-29)15-23(2)31(22)33-21-34-32(3)26-17-24-16-25(19-26)20-27(32)18-24;1-28(2,3)22-10-16-25(17-11-22)31(26-18-12-23(13-19-26)29(4,5)6)27-20-14-24(15-21-27)30(7,8)9;1-2-14-22(15-3-1)27(25-18-8-12-20-10-4-6-16-23(20)25)26-19-9-13-21-11-5-7-17-24(21)26;1-3-12-19(13-4-1)23(20-14-5-2-6-15-20)22-17-9-11-18-10-7-8-16-21(18)22;1-22(2,3)18-14-16-21(17-15-18)23(19-10-6-4-7-11-19)20-12-8-5-9-13-20/h4-15,24-27H,16-21H2,1-3H3;10-21H,1-9H3;1-19H;1-17H;4-17H,1-3H3/q5*+1. The average molecular weight is 1910 g/mol. The van der Waals surface area contributed by atoms with E-state index in [0.29, 0.717) is 18.6 Å². The monoisotopic (exact) mass is 1910 g/mol. The first-order chi connectivity index (χ1) is 67.2. The first-order valence-electron chi connectivity index (χ1n) is 49.5. The molecule has 4 bridgehead atoms. The van der Waals surface area contributed by atoms with Crippen molar-refractivity contribution in [1.82, 2.24) is 0 Å². The Bertz CT molecular complexity index is 6610.